The summed E-state index contributed by atoms with van der Waals surface area (Å²) in [5.74, 6) is -0.121. The van der Waals surface area contributed by atoms with Crippen molar-refractivity contribution in [3.05, 3.63) is 52.6 Å². The molecule has 26 heavy (non-hydrogen) atoms. The number of carbonyl (C=O) groups is 1. The van der Waals surface area contributed by atoms with E-state index >= 15 is 0 Å². The highest BCUT2D eigenvalue weighted by Gasteiger charge is 2.41. The van der Waals surface area contributed by atoms with Crippen LogP contribution in [0.5, 0.6) is 11.6 Å². The largest absolute Gasteiger partial charge is 0.491 e. The second-order valence-corrected chi connectivity index (χ2v) is 6.58. The Balaban J connectivity index is 1.74. The minimum absolute atomic E-state index is 0.0821. The van der Waals surface area contributed by atoms with E-state index in [-0.39, 0.29) is 17.5 Å². The summed E-state index contributed by atoms with van der Waals surface area (Å²) >= 11 is 6.21. The SMILES string of the molecule is CN1C(=O)c2cnn3ccc(nc23)OC2c3c(ccc(F)c3Cl)OCC21. The van der Waals surface area contributed by atoms with Crippen LogP contribution < -0.4 is 9.47 Å². The molecule has 0 N–H and O–H groups in total. The van der Waals surface area contributed by atoms with Crippen LogP contribution in [-0.2, 0) is 0 Å². The molecule has 2 unspecified atom stereocenters. The third-order valence-corrected chi connectivity index (χ3v) is 5.16. The van der Waals surface area contributed by atoms with Gasteiger partial charge in [-0.25, -0.2) is 8.91 Å². The van der Waals surface area contributed by atoms with E-state index in [9.17, 15) is 9.18 Å². The van der Waals surface area contributed by atoms with Gasteiger partial charge in [-0.2, -0.15) is 10.1 Å². The van der Waals surface area contributed by atoms with Crippen LogP contribution in [0.1, 0.15) is 22.0 Å². The lowest BCUT2D eigenvalue weighted by Gasteiger charge is -2.38. The van der Waals surface area contributed by atoms with Crippen LogP contribution in [-0.4, -0.2) is 45.1 Å². The van der Waals surface area contributed by atoms with Crippen LogP contribution in [0, 0.1) is 5.82 Å². The Kier molecular flexibility index (Phi) is 3.14. The van der Waals surface area contributed by atoms with Gasteiger partial charge in [0.1, 0.15) is 29.8 Å². The molecule has 2 aromatic heterocycles. The zero-order valence-electron chi connectivity index (χ0n) is 13.5. The number of rotatable bonds is 0. The number of carbonyl (C=O) groups excluding carboxylic acids is 1. The molecule has 5 rings (SSSR count). The number of nitrogens with zero attached hydrogens (tertiary/aromatic N) is 4. The monoisotopic (exact) mass is 374 g/mol. The highest BCUT2D eigenvalue weighted by Crippen LogP contribution is 2.42. The number of benzene rings is 1. The van der Waals surface area contributed by atoms with Gasteiger partial charge in [0.05, 0.1) is 16.8 Å². The summed E-state index contributed by atoms with van der Waals surface area (Å²) < 4.78 is 27.4. The molecule has 0 saturated heterocycles. The molecule has 7 nitrogen and oxygen atoms in total. The maximum Gasteiger partial charge on any atom is 0.259 e. The second-order valence-electron chi connectivity index (χ2n) is 6.20. The van der Waals surface area contributed by atoms with Gasteiger partial charge in [0, 0.05) is 19.3 Å². The molecule has 0 saturated carbocycles. The maximum atomic E-state index is 14.1. The van der Waals surface area contributed by atoms with E-state index in [1.54, 1.807) is 19.3 Å². The molecule has 4 heterocycles. The van der Waals surface area contributed by atoms with Crippen LogP contribution in [0.3, 0.4) is 0 Å². The van der Waals surface area contributed by atoms with Crippen LogP contribution in [0.25, 0.3) is 5.65 Å². The quantitative estimate of drug-likeness (QED) is 0.604. The molecular formula is C17H12ClFN4O3. The van der Waals surface area contributed by atoms with E-state index in [2.05, 4.69) is 10.1 Å². The Morgan fingerprint density at radius 1 is 1.35 bits per heavy atom. The zero-order chi connectivity index (χ0) is 18.0. The number of halogens is 2. The normalized spacial score (nSPS) is 21.3. The first-order valence-corrected chi connectivity index (χ1v) is 8.31. The number of amides is 1. The van der Waals surface area contributed by atoms with E-state index in [1.807, 2.05) is 0 Å². The standard InChI is InChI=1S/C17H12ClFN4O3/c1-22-10-7-25-11-3-2-9(19)14(18)13(11)15(10)26-12-4-5-23-16(21-12)8(6-20-23)17(22)24/h2-6,10,15H,7H2,1H3. The molecule has 2 aliphatic heterocycles. The van der Waals surface area contributed by atoms with Crippen LogP contribution in [0.15, 0.2) is 30.6 Å². The van der Waals surface area contributed by atoms with Crippen molar-refractivity contribution >= 4 is 23.2 Å². The van der Waals surface area contributed by atoms with E-state index < -0.39 is 18.0 Å². The number of hydrogen-bond donors (Lipinski definition) is 0. The van der Waals surface area contributed by atoms with Crippen LogP contribution in [0.4, 0.5) is 4.39 Å². The lowest BCUT2D eigenvalue weighted by Crippen LogP contribution is -2.48. The highest BCUT2D eigenvalue weighted by molar-refractivity contribution is 6.31. The molecule has 0 spiro atoms. The first kappa shape index (κ1) is 15.4. The van der Waals surface area contributed by atoms with E-state index in [0.29, 0.717) is 28.4 Å². The minimum atomic E-state index is -0.720. The lowest BCUT2D eigenvalue weighted by atomic mass is 9.97. The molecule has 0 aliphatic carbocycles. The highest BCUT2D eigenvalue weighted by atomic mass is 35.5. The van der Waals surface area contributed by atoms with E-state index in [1.165, 1.54) is 27.7 Å². The molecule has 0 fully saturated rings. The molecule has 9 heteroatoms. The van der Waals surface area contributed by atoms with Crippen molar-refractivity contribution in [2.75, 3.05) is 13.7 Å². The molecule has 1 aromatic carbocycles. The molecule has 2 bridgehead atoms. The van der Waals surface area contributed by atoms with Crippen molar-refractivity contribution in [1.82, 2.24) is 19.5 Å². The van der Waals surface area contributed by atoms with Gasteiger partial charge < -0.3 is 14.4 Å². The average Bonchev–Trinajstić information content (AvgIpc) is 3.07. The van der Waals surface area contributed by atoms with Crippen molar-refractivity contribution in [2.45, 2.75) is 12.1 Å². The predicted octanol–water partition coefficient (Wildman–Crippen LogP) is 2.49. The Hall–Kier alpha value is -2.87. The Labute approximate surface area is 151 Å². The molecular weight excluding hydrogens is 363 g/mol. The molecule has 2 atom stereocenters. The molecule has 1 amide bonds. The van der Waals surface area contributed by atoms with E-state index in [0.717, 1.165) is 0 Å². The smallest absolute Gasteiger partial charge is 0.259 e. The van der Waals surface area contributed by atoms with Crippen LogP contribution in [0.2, 0.25) is 5.02 Å². The Morgan fingerprint density at radius 3 is 3.04 bits per heavy atom. The predicted molar refractivity (Wildman–Crippen MR) is 89.1 cm³/mol. The first-order valence-electron chi connectivity index (χ1n) is 7.93. The third-order valence-electron chi connectivity index (χ3n) is 4.78. The molecule has 132 valence electrons. The fourth-order valence-electron chi connectivity index (χ4n) is 3.39. The number of fused-ring (bicyclic) bond motifs is 4. The molecule has 3 aromatic rings. The van der Waals surface area contributed by atoms with Gasteiger partial charge >= 0.3 is 0 Å². The Morgan fingerprint density at radius 2 is 2.19 bits per heavy atom. The van der Waals surface area contributed by atoms with Crippen molar-refractivity contribution in [3.63, 3.8) is 0 Å². The fraction of sp³-hybridized carbons (Fsp3) is 0.235. The first-order chi connectivity index (χ1) is 12.5. The third kappa shape index (κ3) is 2.02. The van der Waals surface area contributed by atoms with Gasteiger partial charge in [0.2, 0.25) is 5.88 Å². The van der Waals surface area contributed by atoms with E-state index in [4.69, 9.17) is 21.1 Å². The lowest BCUT2D eigenvalue weighted by molar-refractivity contribution is 0.0244. The summed E-state index contributed by atoms with van der Waals surface area (Å²) in [5.41, 5.74) is 1.12. The summed E-state index contributed by atoms with van der Waals surface area (Å²) in [4.78, 5) is 18.9. The summed E-state index contributed by atoms with van der Waals surface area (Å²) in [6.45, 7) is 0.183. The second kappa shape index (κ2) is 5.31. The van der Waals surface area contributed by atoms with Gasteiger partial charge in [-0.1, -0.05) is 11.6 Å². The van der Waals surface area contributed by atoms with Gasteiger partial charge in [-0.15, -0.1) is 0 Å². The minimum Gasteiger partial charge on any atom is -0.491 e. The van der Waals surface area contributed by atoms with Crippen molar-refractivity contribution in [1.29, 1.82) is 0 Å². The zero-order valence-corrected chi connectivity index (χ0v) is 14.3. The van der Waals surface area contributed by atoms with Gasteiger partial charge in [0.25, 0.3) is 5.91 Å². The summed E-state index contributed by atoms with van der Waals surface area (Å²) in [5, 5.41) is 4.05. The van der Waals surface area contributed by atoms with Gasteiger partial charge in [-0.3, -0.25) is 4.79 Å². The van der Waals surface area contributed by atoms with Crippen molar-refractivity contribution < 1.29 is 18.7 Å². The fourth-order valence-corrected chi connectivity index (χ4v) is 3.65. The summed E-state index contributed by atoms with van der Waals surface area (Å²) in [6, 6.07) is 3.88. The van der Waals surface area contributed by atoms with Gasteiger partial charge in [-0.05, 0) is 12.1 Å². The number of likely N-dealkylation sites (N-methyl/N-ethyl adjacent to an activating group) is 1. The maximum absolute atomic E-state index is 14.1. The Bertz CT molecular complexity index is 1070. The topological polar surface area (TPSA) is 69.0 Å². The van der Waals surface area contributed by atoms with Crippen molar-refractivity contribution in [3.8, 4) is 11.6 Å². The van der Waals surface area contributed by atoms with Crippen molar-refractivity contribution in [2.24, 2.45) is 0 Å². The number of aromatic nitrogens is 3. The summed E-state index contributed by atoms with van der Waals surface area (Å²) in [7, 11) is 1.64. The molecule has 0 radical (unpaired) electrons. The number of hydrogen-bond acceptors (Lipinski definition) is 5. The number of ether oxygens (including phenoxy) is 2. The summed E-state index contributed by atoms with van der Waals surface area (Å²) in [6.07, 6.45) is 2.40. The van der Waals surface area contributed by atoms with Crippen LogP contribution >= 0.6 is 11.6 Å². The van der Waals surface area contributed by atoms with Gasteiger partial charge in [0.15, 0.2) is 11.8 Å². The average molecular weight is 375 g/mol. The molecule has 2 aliphatic rings.